The highest BCUT2D eigenvalue weighted by Crippen LogP contribution is 2.22. The molecule has 4 nitrogen and oxygen atoms in total. The van der Waals surface area contributed by atoms with Crippen LogP contribution in [0, 0.1) is 0 Å². The van der Waals surface area contributed by atoms with Gasteiger partial charge in [-0.1, -0.05) is 11.6 Å². The first-order valence-corrected chi connectivity index (χ1v) is 5.65. The van der Waals surface area contributed by atoms with Crippen LogP contribution in [0.2, 0.25) is 5.02 Å². The van der Waals surface area contributed by atoms with Gasteiger partial charge in [0, 0.05) is 19.8 Å². The van der Waals surface area contributed by atoms with E-state index in [-0.39, 0.29) is 0 Å². The number of halogens is 1. The molecule has 90 valence electrons. The molecule has 0 aliphatic carbocycles. The number of rotatable bonds is 5. The molecule has 16 heavy (non-hydrogen) atoms. The van der Waals surface area contributed by atoms with E-state index >= 15 is 0 Å². The van der Waals surface area contributed by atoms with Gasteiger partial charge in [0.15, 0.2) is 5.82 Å². The SMILES string of the molecule is CN(C)CCCN(C)c1ncc(Cl)cc1N. The zero-order valence-electron chi connectivity index (χ0n) is 10.1. The van der Waals surface area contributed by atoms with Gasteiger partial charge in [-0.05, 0) is 33.1 Å². The standard InChI is InChI=1S/C11H19ClN4/c1-15(2)5-4-6-16(3)11-10(13)7-9(12)8-14-11/h7-8H,4-6,13H2,1-3H3. The van der Waals surface area contributed by atoms with Gasteiger partial charge in [-0.15, -0.1) is 0 Å². The molecule has 0 amide bonds. The van der Waals surface area contributed by atoms with Crippen molar-refractivity contribution < 1.29 is 0 Å². The first kappa shape index (κ1) is 13.1. The molecule has 0 atom stereocenters. The first-order chi connectivity index (χ1) is 7.50. The molecule has 1 rings (SSSR count). The van der Waals surface area contributed by atoms with Gasteiger partial charge < -0.3 is 15.5 Å². The molecule has 1 aromatic rings. The number of hydrogen-bond acceptors (Lipinski definition) is 4. The lowest BCUT2D eigenvalue weighted by Crippen LogP contribution is -2.24. The molecule has 0 unspecified atom stereocenters. The van der Waals surface area contributed by atoms with Crippen molar-refractivity contribution in [1.29, 1.82) is 0 Å². The molecule has 0 aliphatic rings. The van der Waals surface area contributed by atoms with Crippen LogP contribution in [0.15, 0.2) is 12.3 Å². The van der Waals surface area contributed by atoms with Crippen LogP contribution in [0.25, 0.3) is 0 Å². The number of pyridine rings is 1. The van der Waals surface area contributed by atoms with Crippen LogP contribution in [0.1, 0.15) is 6.42 Å². The van der Waals surface area contributed by atoms with E-state index in [1.807, 2.05) is 7.05 Å². The summed E-state index contributed by atoms with van der Waals surface area (Å²) in [5.41, 5.74) is 6.48. The molecule has 0 aliphatic heterocycles. The fourth-order valence-corrected chi connectivity index (χ4v) is 1.66. The fraction of sp³-hybridized carbons (Fsp3) is 0.545. The highest BCUT2D eigenvalue weighted by molar-refractivity contribution is 6.30. The summed E-state index contributed by atoms with van der Waals surface area (Å²) in [4.78, 5) is 8.44. The van der Waals surface area contributed by atoms with Crippen molar-refractivity contribution in [3.05, 3.63) is 17.3 Å². The Morgan fingerprint density at radius 1 is 1.31 bits per heavy atom. The molecule has 0 radical (unpaired) electrons. The molecule has 2 N–H and O–H groups in total. The van der Waals surface area contributed by atoms with E-state index in [0.29, 0.717) is 10.7 Å². The largest absolute Gasteiger partial charge is 0.396 e. The van der Waals surface area contributed by atoms with Crippen molar-refractivity contribution in [1.82, 2.24) is 9.88 Å². The first-order valence-electron chi connectivity index (χ1n) is 5.27. The summed E-state index contributed by atoms with van der Waals surface area (Å²) >= 11 is 5.80. The zero-order valence-corrected chi connectivity index (χ0v) is 10.8. The average Bonchev–Trinajstić information content (AvgIpc) is 2.16. The highest BCUT2D eigenvalue weighted by atomic mass is 35.5. The lowest BCUT2D eigenvalue weighted by atomic mass is 10.3. The lowest BCUT2D eigenvalue weighted by molar-refractivity contribution is 0.401. The minimum Gasteiger partial charge on any atom is -0.396 e. The second-order valence-corrected chi connectivity index (χ2v) is 4.58. The van der Waals surface area contributed by atoms with E-state index in [1.54, 1.807) is 12.3 Å². The van der Waals surface area contributed by atoms with Crippen LogP contribution in [0.5, 0.6) is 0 Å². The van der Waals surface area contributed by atoms with E-state index in [2.05, 4.69) is 28.9 Å². The summed E-state index contributed by atoms with van der Waals surface area (Å²) in [6, 6.07) is 1.73. The normalized spacial score (nSPS) is 10.8. The quantitative estimate of drug-likeness (QED) is 0.854. The van der Waals surface area contributed by atoms with Gasteiger partial charge in [0.1, 0.15) is 0 Å². The number of anilines is 2. The van der Waals surface area contributed by atoms with Crippen LogP contribution in [-0.4, -0.2) is 44.1 Å². The molecule has 0 saturated heterocycles. The Kier molecular flexibility index (Phi) is 4.83. The maximum Gasteiger partial charge on any atom is 0.151 e. The Hall–Kier alpha value is -1.00. The predicted octanol–water partition coefficient (Wildman–Crippen LogP) is 1.71. The van der Waals surface area contributed by atoms with Crippen molar-refractivity contribution >= 4 is 23.1 Å². The molecular weight excluding hydrogens is 224 g/mol. The molecule has 0 fully saturated rings. The Bertz CT molecular complexity index is 341. The summed E-state index contributed by atoms with van der Waals surface area (Å²) in [5, 5.41) is 0.572. The van der Waals surface area contributed by atoms with Gasteiger partial charge in [0.25, 0.3) is 0 Å². The molecule has 5 heteroatoms. The van der Waals surface area contributed by atoms with Gasteiger partial charge >= 0.3 is 0 Å². The minimum absolute atomic E-state index is 0.572. The van der Waals surface area contributed by atoms with Crippen molar-refractivity contribution in [2.24, 2.45) is 0 Å². The van der Waals surface area contributed by atoms with E-state index < -0.39 is 0 Å². The topological polar surface area (TPSA) is 45.4 Å². The van der Waals surface area contributed by atoms with Crippen LogP contribution in [0.4, 0.5) is 11.5 Å². The van der Waals surface area contributed by atoms with Crippen LogP contribution in [0.3, 0.4) is 0 Å². The number of aromatic nitrogens is 1. The molecule has 0 aromatic carbocycles. The third-order valence-corrected chi connectivity index (χ3v) is 2.53. The lowest BCUT2D eigenvalue weighted by Gasteiger charge is -2.20. The van der Waals surface area contributed by atoms with Gasteiger partial charge in [0.2, 0.25) is 0 Å². The number of nitrogens with two attached hydrogens (primary N) is 1. The fourth-order valence-electron chi connectivity index (χ4n) is 1.50. The monoisotopic (exact) mass is 242 g/mol. The average molecular weight is 243 g/mol. The molecule has 1 aromatic heterocycles. The molecule has 1 heterocycles. The third-order valence-electron chi connectivity index (χ3n) is 2.32. The van der Waals surface area contributed by atoms with Crippen molar-refractivity contribution in [3.63, 3.8) is 0 Å². The second-order valence-electron chi connectivity index (χ2n) is 4.14. The third kappa shape index (κ3) is 3.87. The maximum absolute atomic E-state index is 5.85. The maximum atomic E-state index is 5.85. The van der Waals surface area contributed by atoms with Crippen LogP contribution in [-0.2, 0) is 0 Å². The van der Waals surface area contributed by atoms with Crippen molar-refractivity contribution in [2.75, 3.05) is 44.9 Å². The number of nitrogens with zero attached hydrogens (tertiary/aromatic N) is 3. The van der Waals surface area contributed by atoms with Gasteiger partial charge in [-0.3, -0.25) is 0 Å². The van der Waals surface area contributed by atoms with E-state index in [9.17, 15) is 0 Å². The highest BCUT2D eigenvalue weighted by Gasteiger charge is 2.07. The van der Waals surface area contributed by atoms with E-state index in [4.69, 9.17) is 17.3 Å². The number of nitrogen functional groups attached to an aromatic ring is 1. The molecule has 0 saturated carbocycles. The van der Waals surface area contributed by atoms with Crippen molar-refractivity contribution in [3.8, 4) is 0 Å². The summed E-state index contributed by atoms with van der Waals surface area (Å²) in [5.74, 6) is 0.795. The summed E-state index contributed by atoms with van der Waals surface area (Å²) in [6.07, 6.45) is 2.70. The summed E-state index contributed by atoms with van der Waals surface area (Å²) in [6.45, 7) is 1.98. The van der Waals surface area contributed by atoms with Crippen LogP contribution < -0.4 is 10.6 Å². The Balaban J connectivity index is 2.55. The molecular formula is C11H19ClN4. The molecule has 0 bridgehead atoms. The summed E-state index contributed by atoms with van der Waals surface area (Å²) in [7, 11) is 6.12. The van der Waals surface area contributed by atoms with Crippen molar-refractivity contribution in [2.45, 2.75) is 6.42 Å². The minimum atomic E-state index is 0.572. The predicted molar refractivity (Wildman–Crippen MR) is 70.1 cm³/mol. The number of hydrogen-bond donors (Lipinski definition) is 1. The van der Waals surface area contributed by atoms with Gasteiger partial charge in [-0.25, -0.2) is 4.98 Å². The Morgan fingerprint density at radius 2 is 2.00 bits per heavy atom. The zero-order chi connectivity index (χ0) is 12.1. The summed E-state index contributed by atoms with van der Waals surface area (Å²) < 4.78 is 0. The van der Waals surface area contributed by atoms with Gasteiger partial charge in [-0.2, -0.15) is 0 Å². The van der Waals surface area contributed by atoms with Gasteiger partial charge in [0.05, 0.1) is 10.7 Å². The smallest absolute Gasteiger partial charge is 0.151 e. The van der Waals surface area contributed by atoms with E-state index in [0.717, 1.165) is 25.3 Å². The Morgan fingerprint density at radius 3 is 2.56 bits per heavy atom. The van der Waals surface area contributed by atoms with Crippen LogP contribution >= 0.6 is 11.6 Å². The molecule has 0 spiro atoms. The second kappa shape index (κ2) is 5.92. The van der Waals surface area contributed by atoms with E-state index in [1.165, 1.54) is 0 Å². The Labute approximate surface area is 102 Å².